The minimum atomic E-state index is -4.50. The molecule has 134 valence electrons. The van der Waals surface area contributed by atoms with Crippen LogP contribution < -0.4 is 4.72 Å². The van der Waals surface area contributed by atoms with E-state index < -0.39 is 34.4 Å². The van der Waals surface area contributed by atoms with Crippen molar-refractivity contribution < 1.29 is 21.6 Å². The fourth-order valence-electron chi connectivity index (χ4n) is 2.28. The first-order valence-electron chi connectivity index (χ1n) is 7.18. The maximum absolute atomic E-state index is 12.2. The molecule has 1 unspecified atom stereocenters. The Morgan fingerprint density at radius 2 is 2.08 bits per heavy atom. The Balaban J connectivity index is 2.14. The molecule has 24 heavy (non-hydrogen) atoms. The second-order valence-electron chi connectivity index (χ2n) is 5.44. The molecule has 0 fully saturated rings. The number of rotatable bonds is 7. The summed E-state index contributed by atoms with van der Waals surface area (Å²) in [4.78, 5) is 0.875. The van der Waals surface area contributed by atoms with Gasteiger partial charge < -0.3 is 0 Å². The SMILES string of the molecule is Cc1cc(C)n(C(CNS(=O)(=O)CCC(F)(F)F)c2cccs2)n1. The summed E-state index contributed by atoms with van der Waals surface area (Å²) in [6, 6.07) is 5.13. The molecule has 0 aliphatic heterocycles. The number of aromatic nitrogens is 2. The third-order valence-electron chi connectivity index (χ3n) is 3.36. The highest BCUT2D eigenvalue weighted by Crippen LogP contribution is 2.25. The molecule has 1 atom stereocenters. The van der Waals surface area contributed by atoms with E-state index in [1.807, 2.05) is 37.4 Å². The van der Waals surface area contributed by atoms with E-state index in [4.69, 9.17) is 0 Å². The molecule has 1 N–H and O–H groups in total. The van der Waals surface area contributed by atoms with Gasteiger partial charge in [0.25, 0.3) is 0 Å². The van der Waals surface area contributed by atoms with Crippen LogP contribution in [0.1, 0.15) is 28.7 Å². The predicted molar refractivity (Wildman–Crippen MR) is 86.6 cm³/mol. The second-order valence-corrected chi connectivity index (χ2v) is 8.34. The number of halogens is 3. The first kappa shape index (κ1) is 18.9. The van der Waals surface area contributed by atoms with Gasteiger partial charge in [-0.05, 0) is 31.4 Å². The van der Waals surface area contributed by atoms with Crippen molar-refractivity contribution in [1.29, 1.82) is 0 Å². The molecule has 5 nitrogen and oxygen atoms in total. The summed E-state index contributed by atoms with van der Waals surface area (Å²) >= 11 is 1.44. The highest BCUT2D eigenvalue weighted by Gasteiger charge is 2.30. The summed E-state index contributed by atoms with van der Waals surface area (Å²) in [6.07, 6.45) is -5.87. The second kappa shape index (κ2) is 7.24. The van der Waals surface area contributed by atoms with E-state index in [1.165, 1.54) is 11.3 Å². The molecule has 0 aliphatic rings. The maximum Gasteiger partial charge on any atom is 0.390 e. The van der Waals surface area contributed by atoms with Crippen LogP contribution in [0.5, 0.6) is 0 Å². The summed E-state index contributed by atoms with van der Waals surface area (Å²) < 4.78 is 64.3. The minimum absolute atomic E-state index is 0.0529. The topological polar surface area (TPSA) is 64.0 Å². The van der Waals surface area contributed by atoms with Gasteiger partial charge in [0.15, 0.2) is 0 Å². The third-order valence-corrected chi connectivity index (χ3v) is 5.68. The van der Waals surface area contributed by atoms with E-state index in [0.717, 1.165) is 16.3 Å². The van der Waals surface area contributed by atoms with Crippen LogP contribution >= 0.6 is 11.3 Å². The molecule has 2 rings (SSSR count). The lowest BCUT2D eigenvalue weighted by Crippen LogP contribution is -2.34. The Bertz CT molecular complexity index is 768. The third kappa shape index (κ3) is 5.32. The number of nitrogens with one attached hydrogen (secondary N) is 1. The van der Waals surface area contributed by atoms with Crippen LogP contribution in [0.25, 0.3) is 0 Å². The Morgan fingerprint density at radius 3 is 2.58 bits per heavy atom. The molecule has 0 saturated carbocycles. The zero-order valence-corrected chi connectivity index (χ0v) is 14.8. The number of nitrogens with zero attached hydrogens (tertiary/aromatic N) is 2. The van der Waals surface area contributed by atoms with Crippen molar-refractivity contribution >= 4 is 21.4 Å². The summed E-state index contributed by atoms with van der Waals surface area (Å²) in [5.41, 5.74) is 1.63. The minimum Gasteiger partial charge on any atom is -0.260 e. The van der Waals surface area contributed by atoms with Gasteiger partial charge in [0, 0.05) is 17.1 Å². The Kier molecular flexibility index (Phi) is 5.71. The molecule has 0 amide bonds. The van der Waals surface area contributed by atoms with Gasteiger partial charge in [0.2, 0.25) is 10.0 Å². The highest BCUT2D eigenvalue weighted by molar-refractivity contribution is 7.89. The molecule has 0 aromatic carbocycles. The summed E-state index contributed by atoms with van der Waals surface area (Å²) in [7, 11) is -4.02. The zero-order chi connectivity index (χ0) is 18.0. The smallest absolute Gasteiger partial charge is 0.260 e. The van der Waals surface area contributed by atoms with Crippen molar-refractivity contribution in [3.63, 3.8) is 0 Å². The molecule has 10 heteroatoms. The lowest BCUT2D eigenvalue weighted by Gasteiger charge is -2.19. The number of aryl methyl sites for hydroxylation is 2. The molecular formula is C14H18F3N3O2S2. The van der Waals surface area contributed by atoms with Gasteiger partial charge in [0.1, 0.15) is 0 Å². The van der Waals surface area contributed by atoms with E-state index in [2.05, 4.69) is 9.82 Å². The monoisotopic (exact) mass is 381 g/mol. The normalized spacial score (nSPS) is 14.0. The zero-order valence-electron chi connectivity index (χ0n) is 13.2. The lowest BCUT2D eigenvalue weighted by molar-refractivity contribution is -0.129. The van der Waals surface area contributed by atoms with Crippen LogP contribution in [0, 0.1) is 13.8 Å². The Morgan fingerprint density at radius 1 is 1.38 bits per heavy atom. The first-order valence-corrected chi connectivity index (χ1v) is 9.71. The summed E-state index contributed by atoms with van der Waals surface area (Å²) in [5, 5.41) is 6.21. The molecule has 0 saturated heterocycles. The van der Waals surface area contributed by atoms with E-state index in [1.54, 1.807) is 4.68 Å². The van der Waals surface area contributed by atoms with Crippen molar-refractivity contribution in [2.24, 2.45) is 0 Å². The molecule has 0 radical (unpaired) electrons. The van der Waals surface area contributed by atoms with Crippen LogP contribution in [0.15, 0.2) is 23.6 Å². The van der Waals surface area contributed by atoms with E-state index in [-0.39, 0.29) is 6.54 Å². The van der Waals surface area contributed by atoms with E-state index >= 15 is 0 Å². The van der Waals surface area contributed by atoms with Crippen molar-refractivity contribution in [2.75, 3.05) is 12.3 Å². The quantitative estimate of drug-likeness (QED) is 0.802. The number of sulfonamides is 1. The van der Waals surface area contributed by atoms with E-state index in [9.17, 15) is 21.6 Å². The molecular weight excluding hydrogens is 363 g/mol. The standard InChI is InChI=1S/C14H18F3N3O2S2/c1-10-8-11(2)20(19-10)12(13-4-3-6-23-13)9-18-24(21,22)7-5-14(15,16)17/h3-4,6,8,12,18H,5,7,9H2,1-2H3. The lowest BCUT2D eigenvalue weighted by atomic mass is 10.2. The number of alkyl halides is 3. The molecule has 0 spiro atoms. The number of hydrogen-bond donors (Lipinski definition) is 1. The molecule has 2 aromatic heterocycles. The fourth-order valence-corrected chi connectivity index (χ4v) is 4.15. The summed E-state index contributed by atoms with van der Waals surface area (Å²) in [6.45, 7) is 3.61. The van der Waals surface area contributed by atoms with Gasteiger partial charge in [-0.3, -0.25) is 4.68 Å². The predicted octanol–water partition coefficient (Wildman–Crippen LogP) is 3.02. The molecule has 0 aliphatic carbocycles. The van der Waals surface area contributed by atoms with E-state index in [0.29, 0.717) is 0 Å². The number of hydrogen-bond acceptors (Lipinski definition) is 4. The van der Waals surface area contributed by atoms with Crippen molar-refractivity contribution in [3.8, 4) is 0 Å². The van der Waals surface area contributed by atoms with Crippen LogP contribution in [-0.2, 0) is 10.0 Å². The average Bonchev–Trinajstić information content (AvgIpc) is 3.07. The summed E-state index contributed by atoms with van der Waals surface area (Å²) in [5.74, 6) is -0.981. The Labute approximate surface area is 142 Å². The first-order chi connectivity index (χ1) is 11.1. The molecule has 2 aromatic rings. The van der Waals surface area contributed by atoms with Crippen molar-refractivity contribution in [3.05, 3.63) is 39.8 Å². The van der Waals surface area contributed by atoms with Crippen LogP contribution in [0.2, 0.25) is 0 Å². The van der Waals surface area contributed by atoms with Gasteiger partial charge in [-0.25, -0.2) is 13.1 Å². The van der Waals surface area contributed by atoms with Crippen LogP contribution in [-0.4, -0.2) is 36.7 Å². The van der Waals surface area contributed by atoms with Gasteiger partial charge in [0.05, 0.1) is 23.9 Å². The largest absolute Gasteiger partial charge is 0.390 e. The maximum atomic E-state index is 12.2. The van der Waals surface area contributed by atoms with Crippen LogP contribution in [0.3, 0.4) is 0 Å². The highest BCUT2D eigenvalue weighted by atomic mass is 32.2. The van der Waals surface area contributed by atoms with Gasteiger partial charge in [-0.2, -0.15) is 18.3 Å². The molecule has 0 bridgehead atoms. The average molecular weight is 381 g/mol. The van der Waals surface area contributed by atoms with Crippen LogP contribution in [0.4, 0.5) is 13.2 Å². The van der Waals surface area contributed by atoms with Gasteiger partial charge >= 0.3 is 6.18 Å². The van der Waals surface area contributed by atoms with Gasteiger partial charge in [-0.1, -0.05) is 6.07 Å². The fraction of sp³-hybridized carbons (Fsp3) is 0.500. The van der Waals surface area contributed by atoms with Crippen molar-refractivity contribution in [2.45, 2.75) is 32.5 Å². The van der Waals surface area contributed by atoms with Crippen molar-refractivity contribution in [1.82, 2.24) is 14.5 Å². The van der Waals surface area contributed by atoms with Gasteiger partial charge in [-0.15, -0.1) is 11.3 Å². The Hall–Kier alpha value is -1.39. The number of thiophene rings is 1. The molecule has 2 heterocycles.